The van der Waals surface area contributed by atoms with Crippen molar-refractivity contribution in [3.05, 3.63) is 28.5 Å². The number of carbonyl (C=O) groups excluding carboxylic acids is 1. The SMILES string of the molecule is C=CCOC(=O)Nc1cc(C(C)(C)C)sc1C(=O)O. The van der Waals surface area contributed by atoms with Gasteiger partial charge in [0, 0.05) is 4.88 Å². The maximum Gasteiger partial charge on any atom is 0.411 e. The minimum absolute atomic E-state index is 0.0739. The molecule has 1 amide bonds. The van der Waals surface area contributed by atoms with E-state index >= 15 is 0 Å². The van der Waals surface area contributed by atoms with Crippen LogP contribution in [0.2, 0.25) is 0 Å². The predicted octanol–water partition coefficient (Wildman–Crippen LogP) is 3.48. The van der Waals surface area contributed by atoms with Crippen LogP contribution in [0.1, 0.15) is 35.3 Å². The van der Waals surface area contributed by atoms with Crippen LogP contribution in [0.25, 0.3) is 0 Å². The number of hydrogen-bond donors (Lipinski definition) is 2. The number of hydrogen-bond acceptors (Lipinski definition) is 4. The second kappa shape index (κ2) is 5.88. The van der Waals surface area contributed by atoms with E-state index in [0.29, 0.717) is 0 Å². The molecule has 2 N–H and O–H groups in total. The number of nitrogens with one attached hydrogen (secondary N) is 1. The average Bonchev–Trinajstić information content (AvgIpc) is 2.70. The summed E-state index contributed by atoms with van der Waals surface area (Å²) in [7, 11) is 0. The highest BCUT2D eigenvalue weighted by Crippen LogP contribution is 2.35. The quantitative estimate of drug-likeness (QED) is 0.829. The fourth-order valence-electron chi connectivity index (χ4n) is 1.29. The Morgan fingerprint density at radius 3 is 2.63 bits per heavy atom. The highest BCUT2D eigenvalue weighted by Gasteiger charge is 2.23. The van der Waals surface area contributed by atoms with Gasteiger partial charge >= 0.3 is 12.1 Å². The largest absolute Gasteiger partial charge is 0.477 e. The molecule has 0 atom stereocenters. The van der Waals surface area contributed by atoms with E-state index in [1.54, 1.807) is 6.07 Å². The monoisotopic (exact) mass is 283 g/mol. The summed E-state index contributed by atoms with van der Waals surface area (Å²) in [5, 5.41) is 11.6. The predicted molar refractivity (Wildman–Crippen MR) is 75.1 cm³/mol. The number of aromatic carboxylic acids is 1. The summed E-state index contributed by atoms with van der Waals surface area (Å²) in [6, 6.07) is 1.67. The van der Waals surface area contributed by atoms with Gasteiger partial charge in [-0.25, -0.2) is 9.59 Å². The van der Waals surface area contributed by atoms with Gasteiger partial charge in [-0.3, -0.25) is 5.32 Å². The van der Waals surface area contributed by atoms with Gasteiger partial charge in [-0.15, -0.1) is 11.3 Å². The molecule has 0 aliphatic carbocycles. The molecule has 1 aromatic heterocycles. The molecule has 5 nitrogen and oxygen atoms in total. The Balaban J connectivity index is 2.99. The van der Waals surface area contributed by atoms with Gasteiger partial charge in [-0.1, -0.05) is 33.4 Å². The Morgan fingerprint density at radius 1 is 1.53 bits per heavy atom. The Labute approximate surface area is 115 Å². The number of amides is 1. The molecule has 0 aromatic carbocycles. The number of carbonyl (C=O) groups is 2. The first-order valence-corrected chi connectivity index (χ1v) is 6.49. The summed E-state index contributed by atoms with van der Waals surface area (Å²) in [6.45, 7) is 9.43. The minimum Gasteiger partial charge on any atom is -0.477 e. The van der Waals surface area contributed by atoms with Crippen molar-refractivity contribution < 1.29 is 19.4 Å². The van der Waals surface area contributed by atoms with Gasteiger partial charge < -0.3 is 9.84 Å². The van der Waals surface area contributed by atoms with E-state index in [4.69, 9.17) is 9.84 Å². The van der Waals surface area contributed by atoms with Gasteiger partial charge in [0.25, 0.3) is 0 Å². The number of rotatable bonds is 4. The van der Waals surface area contributed by atoms with Crippen LogP contribution in [0, 0.1) is 0 Å². The van der Waals surface area contributed by atoms with Crippen LogP contribution < -0.4 is 5.32 Å². The van der Waals surface area contributed by atoms with Crippen LogP contribution in [-0.2, 0) is 10.2 Å². The van der Waals surface area contributed by atoms with E-state index in [0.717, 1.165) is 16.2 Å². The van der Waals surface area contributed by atoms with Crippen molar-refractivity contribution in [3.8, 4) is 0 Å². The van der Waals surface area contributed by atoms with E-state index in [9.17, 15) is 9.59 Å². The molecule has 0 saturated carbocycles. The van der Waals surface area contributed by atoms with Crippen molar-refractivity contribution in [2.75, 3.05) is 11.9 Å². The first-order valence-electron chi connectivity index (χ1n) is 5.68. The molecule has 104 valence electrons. The van der Waals surface area contributed by atoms with E-state index in [2.05, 4.69) is 11.9 Å². The third-order valence-corrected chi connectivity index (χ3v) is 3.78. The topological polar surface area (TPSA) is 75.6 Å². The van der Waals surface area contributed by atoms with Crippen molar-refractivity contribution >= 4 is 29.1 Å². The number of carboxylic acid groups (broad SMARTS) is 1. The molecular formula is C13H17NO4S. The smallest absolute Gasteiger partial charge is 0.411 e. The van der Waals surface area contributed by atoms with Crippen LogP contribution in [0.4, 0.5) is 10.5 Å². The van der Waals surface area contributed by atoms with Crippen LogP contribution in [-0.4, -0.2) is 23.8 Å². The van der Waals surface area contributed by atoms with Crippen molar-refractivity contribution in [3.63, 3.8) is 0 Å². The van der Waals surface area contributed by atoms with Crippen LogP contribution in [0.5, 0.6) is 0 Å². The summed E-state index contributed by atoms with van der Waals surface area (Å²) in [5.74, 6) is -1.07. The van der Waals surface area contributed by atoms with Gasteiger partial charge in [0.1, 0.15) is 11.5 Å². The average molecular weight is 283 g/mol. The molecular weight excluding hydrogens is 266 g/mol. The van der Waals surface area contributed by atoms with Crippen molar-refractivity contribution in [2.24, 2.45) is 0 Å². The number of anilines is 1. The molecule has 0 aliphatic heterocycles. The zero-order chi connectivity index (χ0) is 14.6. The summed E-state index contributed by atoms with van der Waals surface area (Å²) in [4.78, 5) is 23.6. The Bertz CT molecular complexity index is 499. The van der Waals surface area contributed by atoms with Gasteiger partial charge in [0.05, 0.1) is 5.69 Å². The lowest BCUT2D eigenvalue weighted by Crippen LogP contribution is -2.15. The molecule has 1 rings (SSSR count). The van der Waals surface area contributed by atoms with Gasteiger partial charge in [0.2, 0.25) is 0 Å². The van der Waals surface area contributed by atoms with Crippen molar-refractivity contribution in [1.29, 1.82) is 0 Å². The molecule has 0 spiro atoms. The number of ether oxygens (including phenoxy) is 1. The third kappa shape index (κ3) is 4.10. The van der Waals surface area contributed by atoms with Crippen LogP contribution in [0.15, 0.2) is 18.7 Å². The highest BCUT2D eigenvalue weighted by molar-refractivity contribution is 7.14. The van der Waals surface area contributed by atoms with Crippen LogP contribution in [0.3, 0.4) is 0 Å². The number of carboxylic acids is 1. The molecule has 0 saturated heterocycles. The highest BCUT2D eigenvalue weighted by atomic mass is 32.1. The maximum atomic E-state index is 11.4. The number of thiophene rings is 1. The zero-order valence-electron chi connectivity index (χ0n) is 11.1. The van der Waals surface area contributed by atoms with E-state index in [1.807, 2.05) is 20.8 Å². The van der Waals surface area contributed by atoms with E-state index in [-0.39, 0.29) is 22.6 Å². The van der Waals surface area contributed by atoms with E-state index < -0.39 is 12.1 Å². The molecule has 1 aromatic rings. The second-order valence-corrected chi connectivity index (χ2v) is 5.97. The molecule has 0 radical (unpaired) electrons. The normalized spacial score (nSPS) is 10.9. The minimum atomic E-state index is -1.07. The first kappa shape index (κ1) is 15.2. The Morgan fingerprint density at radius 2 is 2.16 bits per heavy atom. The maximum absolute atomic E-state index is 11.4. The Kier molecular flexibility index (Phi) is 4.72. The molecule has 1 heterocycles. The summed E-state index contributed by atoms with van der Waals surface area (Å²) in [6.07, 6.45) is 0.743. The van der Waals surface area contributed by atoms with Gasteiger partial charge in [-0.05, 0) is 11.5 Å². The standard InChI is InChI=1S/C13H17NO4S/c1-5-6-18-12(17)14-8-7-9(13(2,3)4)19-10(8)11(15)16/h5,7H,1,6H2,2-4H3,(H,14,17)(H,15,16). The van der Waals surface area contributed by atoms with Gasteiger partial charge in [0.15, 0.2) is 0 Å². The fourth-order valence-corrected chi connectivity index (χ4v) is 2.30. The molecule has 0 fully saturated rings. The molecule has 19 heavy (non-hydrogen) atoms. The lowest BCUT2D eigenvalue weighted by molar-refractivity contribution is 0.0703. The van der Waals surface area contributed by atoms with Crippen molar-refractivity contribution in [2.45, 2.75) is 26.2 Å². The van der Waals surface area contributed by atoms with Crippen LogP contribution >= 0.6 is 11.3 Å². The van der Waals surface area contributed by atoms with Crippen molar-refractivity contribution in [1.82, 2.24) is 0 Å². The third-order valence-electron chi connectivity index (χ3n) is 2.23. The second-order valence-electron chi connectivity index (χ2n) is 4.92. The summed E-state index contributed by atoms with van der Waals surface area (Å²) in [5.41, 5.74) is 0.0799. The molecule has 0 bridgehead atoms. The van der Waals surface area contributed by atoms with Gasteiger partial charge in [-0.2, -0.15) is 0 Å². The lowest BCUT2D eigenvalue weighted by Gasteiger charge is -2.15. The lowest BCUT2D eigenvalue weighted by atomic mass is 9.94. The molecule has 0 aliphatic rings. The fraction of sp³-hybridized carbons (Fsp3) is 0.385. The van der Waals surface area contributed by atoms with E-state index in [1.165, 1.54) is 6.08 Å². The molecule has 0 unspecified atom stereocenters. The summed E-state index contributed by atoms with van der Waals surface area (Å²) < 4.78 is 4.77. The zero-order valence-corrected chi connectivity index (χ0v) is 12.0. The molecule has 6 heteroatoms. The Hall–Kier alpha value is -1.82. The first-order chi connectivity index (χ1) is 8.75. The summed E-state index contributed by atoms with van der Waals surface area (Å²) >= 11 is 1.15.